The molecule has 0 radical (unpaired) electrons. The summed E-state index contributed by atoms with van der Waals surface area (Å²) >= 11 is 0. The number of nitro benzene ring substituents is 1. The molecule has 24 heavy (non-hydrogen) atoms. The third kappa shape index (κ3) is 3.62. The highest BCUT2D eigenvalue weighted by Crippen LogP contribution is 2.34. The van der Waals surface area contributed by atoms with E-state index >= 15 is 0 Å². The summed E-state index contributed by atoms with van der Waals surface area (Å²) in [6.45, 7) is 0. The van der Waals surface area contributed by atoms with Crippen LogP contribution in [0.3, 0.4) is 0 Å². The van der Waals surface area contributed by atoms with Gasteiger partial charge >= 0.3 is 12.1 Å². The molecule has 0 saturated heterocycles. The van der Waals surface area contributed by atoms with Crippen LogP contribution >= 0.6 is 0 Å². The Morgan fingerprint density at radius 3 is 2.38 bits per heavy atom. The number of hydrogen-bond donors (Lipinski definition) is 1. The van der Waals surface area contributed by atoms with Crippen molar-refractivity contribution in [3.05, 3.63) is 63.7 Å². The lowest BCUT2D eigenvalue weighted by atomic mass is 10.1. The van der Waals surface area contributed by atoms with Crippen molar-refractivity contribution in [1.29, 1.82) is 0 Å². The second-order valence-corrected chi connectivity index (χ2v) is 4.91. The summed E-state index contributed by atoms with van der Waals surface area (Å²) in [5.74, 6) is -1.38. The zero-order valence-corrected chi connectivity index (χ0v) is 12.2. The summed E-state index contributed by atoms with van der Waals surface area (Å²) in [5.41, 5.74) is -1.49. The van der Waals surface area contributed by atoms with Crippen molar-refractivity contribution in [2.45, 2.75) is 6.18 Å². The van der Waals surface area contributed by atoms with Crippen LogP contribution in [-0.4, -0.2) is 23.0 Å². The summed E-state index contributed by atoms with van der Waals surface area (Å²) in [6, 6.07) is 7.47. The highest BCUT2D eigenvalue weighted by atomic mass is 19.4. The summed E-state index contributed by atoms with van der Waals surface area (Å²) in [7, 11) is 1.39. The average molecular weight is 340 g/mol. The van der Waals surface area contributed by atoms with E-state index in [1.807, 2.05) is 0 Å². The fourth-order valence-electron chi connectivity index (χ4n) is 2.06. The first-order chi connectivity index (χ1) is 11.1. The largest absolute Gasteiger partial charge is 0.478 e. The Morgan fingerprint density at radius 2 is 1.83 bits per heavy atom. The zero-order valence-electron chi connectivity index (χ0n) is 12.2. The van der Waals surface area contributed by atoms with Crippen LogP contribution < -0.4 is 4.90 Å². The molecule has 2 rings (SSSR count). The third-order valence-electron chi connectivity index (χ3n) is 3.31. The van der Waals surface area contributed by atoms with E-state index in [0.717, 1.165) is 30.3 Å². The average Bonchev–Trinajstić information content (AvgIpc) is 2.53. The number of benzene rings is 2. The van der Waals surface area contributed by atoms with Crippen LogP contribution in [0.2, 0.25) is 0 Å². The smallest absolute Gasteiger partial charge is 0.416 e. The number of nitro groups is 1. The van der Waals surface area contributed by atoms with Gasteiger partial charge in [-0.3, -0.25) is 10.1 Å². The SMILES string of the molecule is CN(c1cc(C(=O)O)cc([N+](=O)[O-])c1)c1cccc(C(F)(F)F)c1. The van der Waals surface area contributed by atoms with Gasteiger partial charge in [-0.15, -0.1) is 0 Å². The molecule has 0 unspecified atom stereocenters. The number of nitrogens with zero attached hydrogens (tertiary/aromatic N) is 2. The minimum Gasteiger partial charge on any atom is -0.478 e. The van der Waals surface area contributed by atoms with E-state index in [0.29, 0.717) is 0 Å². The Morgan fingerprint density at radius 1 is 1.17 bits per heavy atom. The standard InChI is InChI=1S/C15H11F3N2O4/c1-19(11-4-2-3-10(7-11)15(16,17)18)12-5-9(14(21)22)6-13(8-12)20(23)24/h2-8H,1H3,(H,21,22). The van der Waals surface area contributed by atoms with Gasteiger partial charge in [0.2, 0.25) is 0 Å². The number of aromatic carboxylic acids is 1. The number of alkyl halides is 3. The zero-order chi connectivity index (χ0) is 18.1. The minimum atomic E-state index is -4.54. The molecule has 6 nitrogen and oxygen atoms in total. The molecule has 0 aromatic heterocycles. The van der Waals surface area contributed by atoms with Gasteiger partial charge in [-0.2, -0.15) is 13.2 Å². The molecular weight excluding hydrogens is 329 g/mol. The lowest BCUT2D eigenvalue weighted by Crippen LogP contribution is -2.13. The van der Waals surface area contributed by atoms with Crippen molar-refractivity contribution in [3.8, 4) is 0 Å². The highest BCUT2D eigenvalue weighted by molar-refractivity contribution is 5.90. The lowest BCUT2D eigenvalue weighted by molar-refractivity contribution is -0.384. The van der Waals surface area contributed by atoms with E-state index in [1.54, 1.807) is 0 Å². The monoisotopic (exact) mass is 340 g/mol. The second kappa shape index (κ2) is 6.19. The third-order valence-corrected chi connectivity index (χ3v) is 3.31. The van der Waals surface area contributed by atoms with E-state index in [-0.39, 0.29) is 16.9 Å². The van der Waals surface area contributed by atoms with E-state index in [9.17, 15) is 28.1 Å². The quantitative estimate of drug-likeness (QED) is 0.670. The molecule has 0 atom stereocenters. The molecule has 0 aliphatic heterocycles. The molecule has 126 valence electrons. The van der Waals surface area contributed by atoms with E-state index in [4.69, 9.17) is 5.11 Å². The van der Waals surface area contributed by atoms with Gasteiger partial charge in [0.15, 0.2) is 0 Å². The van der Waals surface area contributed by atoms with Crippen LogP contribution in [0.1, 0.15) is 15.9 Å². The van der Waals surface area contributed by atoms with E-state index in [1.165, 1.54) is 24.1 Å². The van der Waals surface area contributed by atoms with Gasteiger partial charge in [0.1, 0.15) is 0 Å². The van der Waals surface area contributed by atoms with E-state index < -0.39 is 28.3 Å². The molecular formula is C15H11F3N2O4. The first-order valence-corrected chi connectivity index (χ1v) is 6.53. The fourth-order valence-corrected chi connectivity index (χ4v) is 2.06. The number of carbonyl (C=O) groups is 1. The Kier molecular flexibility index (Phi) is 4.45. The normalized spacial score (nSPS) is 11.2. The molecule has 0 bridgehead atoms. The number of non-ortho nitro benzene ring substituents is 1. The summed E-state index contributed by atoms with van der Waals surface area (Å²) in [4.78, 5) is 22.5. The van der Waals surface area contributed by atoms with Gasteiger partial charge in [-0.05, 0) is 24.3 Å². The maximum absolute atomic E-state index is 12.8. The molecule has 1 N–H and O–H groups in total. The Bertz CT molecular complexity index is 773. The van der Waals surface area contributed by atoms with Gasteiger partial charge in [-0.1, -0.05) is 6.07 Å². The maximum Gasteiger partial charge on any atom is 0.416 e. The van der Waals surface area contributed by atoms with Crippen molar-refractivity contribution < 1.29 is 28.0 Å². The number of anilines is 2. The number of halogens is 3. The Balaban J connectivity index is 2.51. The predicted molar refractivity (Wildman–Crippen MR) is 79.6 cm³/mol. The molecule has 0 spiro atoms. The molecule has 0 amide bonds. The van der Waals surface area contributed by atoms with Gasteiger partial charge < -0.3 is 10.0 Å². The summed E-state index contributed by atoms with van der Waals surface area (Å²) < 4.78 is 38.4. The second-order valence-electron chi connectivity index (χ2n) is 4.91. The number of carboxylic acid groups (broad SMARTS) is 1. The van der Waals surface area contributed by atoms with Gasteiger partial charge in [0.05, 0.1) is 16.1 Å². The molecule has 2 aromatic rings. The molecule has 0 aliphatic rings. The van der Waals surface area contributed by atoms with Crippen molar-refractivity contribution in [3.63, 3.8) is 0 Å². The molecule has 0 aliphatic carbocycles. The molecule has 9 heteroatoms. The number of carboxylic acids is 1. The Labute approximate surface area is 133 Å². The lowest BCUT2D eigenvalue weighted by Gasteiger charge is -2.21. The van der Waals surface area contributed by atoms with Crippen molar-refractivity contribution >= 4 is 23.0 Å². The molecule has 0 saturated carbocycles. The highest BCUT2D eigenvalue weighted by Gasteiger charge is 2.30. The predicted octanol–water partition coefficient (Wildman–Crippen LogP) is 4.08. The van der Waals surface area contributed by atoms with Gasteiger partial charge in [-0.25, -0.2) is 4.79 Å². The number of hydrogen-bond acceptors (Lipinski definition) is 4. The van der Waals surface area contributed by atoms with Crippen LogP contribution in [-0.2, 0) is 6.18 Å². The van der Waals surface area contributed by atoms with E-state index in [2.05, 4.69) is 0 Å². The first-order valence-electron chi connectivity index (χ1n) is 6.53. The van der Waals surface area contributed by atoms with Gasteiger partial charge in [0.25, 0.3) is 5.69 Å². The fraction of sp³-hybridized carbons (Fsp3) is 0.133. The van der Waals surface area contributed by atoms with Crippen LogP contribution in [0.5, 0.6) is 0 Å². The van der Waals surface area contributed by atoms with Crippen molar-refractivity contribution in [1.82, 2.24) is 0 Å². The first kappa shape index (κ1) is 17.3. The van der Waals surface area contributed by atoms with Crippen molar-refractivity contribution in [2.24, 2.45) is 0 Å². The molecule has 2 aromatic carbocycles. The summed E-state index contributed by atoms with van der Waals surface area (Å²) in [6.07, 6.45) is -4.54. The van der Waals surface area contributed by atoms with Crippen LogP contribution in [0, 0.1) is 10.1 Å². The Hall–Kier alpha value is -3.10. The van der Waals surface area contributed by atoms with Gasteiger partial charge in [0, 0.05) is 30.6 Å². The molecule has 0 heterocycles. The van der Waals surface area contributed by atoms with Crippen LogP contribution in [0.15, 0.2) is 42.5 Å². The minimum absolute atomic E-state index is 0.0842. The van der Waals surface area contributed by atoms with Crippen LogP contribution in [0.25, 0.3) is 0 Å². The maximum atomic E-state index is 12.8. The molecule has 0 fully saturated rings. The number of rotatable bonds is 4. The topological polar surface area (TPSA) is 83.7 Å². The van der Waals surface area contributed by atoms with Crippen molar-refractivity contribution in [2.75, 3.05) is 11.9 Å². The van der Waals surface area contributed by atoms with Crippen LogP contribution in [0.4, 0.5) is 30.2 Å². The summed E-state index contributed by atoms with van der Waals surface area (Å²) in [5, 5.41) is 19.9.